The largest absolute Gasteiger partial charge is 0.489 e. The lowest BCUT2D eigenvalue weighted by Gasteiger charge is -2.23. The van der Waals surface area contributed by atoms with E-state index in [1.165, 1.54) is 9.75 Å². The lowest BCUT2D eigenvalue weighted by molar-refractivity contribution is 0.162. The SMILES string of the molecule is Cc1ccc(-c2ccnc3nc(-c4n[nH]c5ccc(-c6cncc(OC7CCNCC7)c6)nc45)[nH]c23)s1. The summed E-state index contributed by atoms with van der Waals surface area (Å²) >= 11 is 1.75. The highest BCUT2D eigenvalue weighted by Gasteiger charge is 2.19. The molecule has 0 amide bonds. The number of piperidine rings is 1. The number of fused-ring (bicyclic) bond motifs is 2. The first-order valence-corrected chi connectivity index (χ1v) is 13.1. The number of aromatic amines is 2. The number of aromatic nitrogens is 7. The zero-order chi connectivity index (χ0) is 24.8. The third-order valence-corrected chi connectivity index (χ3v) is 7.66. The summed E-state index contributed by atoms with van der Waals surface area (Å²) in [6.45, 7) is 4.06. The molecule has 3 N–H and O–H groups in total. The zero-order valence-corrected chi connectivity index (χ0v) is 21.0. The minimum Gasteiger partial charge on any atom is -0.489 e. The minimum atomic E-state index is 0.207. The van der Waals surface area contributed by atoms with Crippen LogP contribution in [0.15, 0.2) is 55.0 Å². The highest BCUT2D eigenvalue weighted by Crippen LogP contribution is 2.34. The smallest absolute Gasteiger partial charge is 0.178 e. The molecule has 1 aliphatic heterocycles. The molecule has 0 atom stereocenters. The van der Waals surface area contributed by atoms with Gasteiger partial charge in [0.1, 0.15) is 17.4 Å². The highest BCUT2D eigenvalue weighted by atomic mass is 32.1. The molecule has 1 fully saturated rings. The maximum Gasteiger partial charge on any atom is 0.178 e. The van der Waals surface area contributed by atoms with Gasteiger partial charge in [-0.05, 0) is 69.3 Å². The van der Waals surface area contributed by atoms with Crippen molar-refractivity contribution in [3.05, 3.63) is 59.9 Å². The van der Waals surface area contributed by atoms with Crippen molar-refractivity contribution in [2.45, 2.75) is 25.9 Å². The predicted octanol–water partition coefficient (Wildman–Crippen LogP) is 5.13. The van der Waals surface area contributed by atoms with Crippen molar-refractivity contribution >= 4 is 33.5 Å². The monoisotopic (exact) mass is 508 g/mol. The molecule has 0 spiro atoms. The molecular formula is C27H24N8OS. The maximum atomic E-state index is 6.20. The molecule has 7 rings (SSSR count). The van der Waals surface area contributed by atoms with E-state index in [0.29, 0.717) is 17.2 Å². The molecule has 9 nitrogen and oxygen atoms in total. The molecule has 1 aliphatic rings. The third kappa shape index (κ3) is 4.13. The van der Waals surface area contributed by atoms with Gasteiger partial charge in [-0.25, -0.2) is 15.0 Å². The average Bonchev–Trinajstić information content (AvgIpc) is 3.66. The van der Waals surface area contributed by atoms with Crippen molar-refractivity contribution in [2.24, 2.45) is 0 Å². The van der Waals surface area contributed by atoms with Crippen molar-refractivity contribution < 1.29 is 4.74 Å². The number of H-pyrrole nitrogens is 2. The number of nitrogens with one attached hydrogen (secondary N) is 3. The number of rotatable bonds is 5. The molecule has 7 heterocycles. The first kappa shape index (κ1) is 22.1. The Bertz CT molecular complexity index is 1730. The van der Waals surface area contributed by atoms with Crippen molar-refractivity contribution in [3.63, 3.8) is 0 Å². The zero-order valence-electron chi connectivity index (χ0n) is 20.2. The summed E-state index contributed by atoms with van der Waals surface area (Å²) in [5.74, 6) is 1.39. The maximum absolute atomic E-state index is 6.20. The Hall–Kier alpha value is -4.15. The molecule has 6 aromatic heterocycles. The number of nitrogens with zero attached hydrogens (tertiary/aromatic N) is 5. The topological polar surface area (TPSA) is 117 Å². The lowest BCUT2D eigenvalue weighted by Crippen LogP contribution is -2.34. The molecule has 10 heteroatoms. The Morgan fingerprint density at radius 3 is 2.81 bits per heavy atom. The van der Waals surface area contributed by atoms with Crippen LogP contribution in [0.25, 0.3) is 55.4 Å². The van der Waals surface area contributed by atoms with Crippen LogP contribution in [0.2, 0.25) is 0 Å². The minimum absolute atomic E-state index is 0.207. The van der Waals surface area contributed by atoms with E-state index in [0.717, 1.165) is 65.1 Å². The average molecular weight is 509 g/mol. The summed E-state index contributed by atoms with van der Waals surface area (Å²) < 4.78 is 6.20. The van der Waals surface area contributed by atoms with Crippen LogP contribution in [0.3, 0.4) is 0 Å². The van der Waals surface area contributed by atoms with E-state index in [4.69, 9.17) is 14.7 Å². The van der Waals surface area contributed by atoms with Gasteiger partial charge in [-0.1, -0.05) is 0 Å². The molecule has 0 unspecified atom stereocenters. The predicted molar refractivity (Wildman–Crippen MR) is 145 cm³/mol. The lowest BCUT2D eigenvalue weighted by atomic mass is 10.1. The summed E-state index contributed by atoms with van der Waals surface area (Å²) in [5, 5.41) is 11.0. The fourth-order valence-electron chi connectivity index (χ4n) is 4.76. The van der Waals surface area contributed by atoms with Gasteiger partial charge in [0.25, 0.3) is 0 Å². The number of hydrogen-bond acceptors (Lipinski definition) is 8. The van der Waals surface area contributed by atoms with Crippen LogP contribution in [0.4, 0.5) is 0 Å². The number of imidazole rings is 1. The standard InChI is InChI=1S/C27H24N8OS/c1-15-2-5-22(37-15)19-8-11-30-26-23(19)32-27(33-26)25-24-21(34-35-25)4-3-20(31-24)16-12-18(14-29-13-16)36-17-6-9-28-10-7-17/h2-5,8,11-14,17,28H,6-7,9-10H2,1H3,(H,34,35)(H,30,32,33). The van der Waals surface area contributed by atoms with E-state index >= 15 is 0 Å². The fraction of sp³-hybridized carbons (Fsp3) is 0.222. The Morgan fingerprint density at radius 1 is 1.03 bits per heavy atom. The Balaban J connectivity index is 1.26. The molecule has 1 saturated heterocycles. The fourth-order valence-corrected chi connectivity index (χ4v) is 5.66. The van der Waals surface area contributed by atoms with E-state index in [9.17, 15) is 0 Å². The van der Waals surface area contributed by atoms with Gasteiger partial charge in [0.05, 0.1) is 22.9 Å². The van der Waals surface area contributed by atoms with Crippen LogP contribution in [0.1, 0.15) is 17.7 Å². The number of aryl methyl sites for hydroxylation is 1. The quantitative estimate of drug-likeness (QED) is 0.296. The number of ether oxygens (including phenoxy) is 1. The second-order valence-corrected chi connectivity index (χ2v) is 10.5. The van der Waals surface area contributed by atoms with Crippen molar-refractivity contribution in [2.75, 3.05) is 13.1 Å². The van der Waals surface area contributed by atoms with E-state index in [1.807, 2.05) is 30.5 Å². The number of pyridine rings is 3. The molecule has 0 aromatic carbocycles. The summed E-state index contributed by atoms with van der Waals surface area (Å²) in [7, 11) is 0. The van der Waals surface area contributed by atoms with E-state index in [2.05, 4.69) is 49.5 Å². The van der Waals surface area contributed by atoms with Gasteiger partial charge in [0.15, 0.2) is 17.2 Å². The van der Waals surface area contributed by atoms with Gasteiger partial charge in [-0.3, -0.25) is 10.1 Å². The molecular weight excluding hydrogens is 484 g/mol. The van der Waals surface area contributed by atoms with Crippen LogP contribution >= 0.6 is 11.3 Å². The van der Waals surface area contributed by atoms with Crippen LogP contribution < -0.4 is 10.1 Å². The first-order chi connectivity index (χ1) is 18.2. The highest BCUT2D eigenvalue weighted by molar-refractivity contribution is 7.15. The number of hydrogen-bond donors (Lipinski definition) is 3. The molecule has 0 aliphatic carbocycles. The molecule has 0 radical (unpaired) electrons. The van der Waals surface area contributed by atoms with Crippen LogP contribution in [0, 0.1) is 6.92 Å². The van der Waals surface area contributed by atoms with Gasteiger partial charge >= 0.3 is 0 Å². The Morgan fingerprint density at radius 2 is 1.95 bits per heavy atom. The summed E-state index contributed by atoms with van der Waals surface area (Å²) in [5.41, 5.74) is 6.51. The van der Waals surface area contributed by atoms with Crippen molar-refractivity contribution in [3.8, 4) is 39.0 Å². The van der Waals surface area contributed by atoms with Gasteiger partial charge in [0.2, 0.25) is 0 Å². The van der Waals surface area contributed by atoms with E-state index in [-0.39, 0.29) is 6.10 Å². The normalized spacial score (nSPS) is 14.5. The molecule has 0 saturated carbocycles. The van der Waals surface area contributed by atoms with Gasteiger partial charge in [-0.2, -0.15) is 5.10 Å². The van der Waals surface area contributed by atoms with E-state index in [1.54, 1.807) is 23.7 Å². The van der Waals surface area contributed by atoms with Crippen LogP contribution in [-0.2, 0) is 0 Å². The summed E-state index contributed by atoms with van der Waals surface area (Å²) in [6.07, 6.45) is 7.56. The Kier molecular flexibility index (Phi) is 5.40. The first-order valence-electron chi connectivity index (χ1n) is 12.3. The third-order valence-electron chi connectivity index (χ3n) is 6.63. The second-order valence-electron chi connectivity index (χ2n) is 9.19. The summed E-state index contributed by atoms with van der Waals surface area (Å²) in [4.78, 5) is 24.5. The molecule has 6 aromatic rings. The van der Waals surface area contributed by atoms with Crippen LogP contribution in [-0.4, -0.2) is 54.3 Å². The van der Waals surface area contributed by atoms with Crippen LogP contribution in [0.5, 0.6) is 5.75 Å². The van der Waals surface area contributed by atoms with Crippen molar-refractivity contribution in [1.29, 1.82) is 0 Å². The molecule has 184 valence electrons. The van der Waals surface area contributed by atoms with Gasteiger partial charge < -0.3 is 15.0 Å². The van der Waals surface area contributed by atoms with Gasteiger partial charge in [-0.15, -0.1) is 11.3 Å². The Labute approximate surface area is 216 Å². The van der Waals surface area contributed by atoms with E-state index < -0.39 is 0 Å². The van der Waals surface area contributed by atoms with Gasteiger partial charge in [0, 0.05) is 33.3 Å². The molecule has 37 heavy (non-hydrogen) atoms. The summed E-state index contributed by atoms with van der Waals surface area (Å²) in [6, 6.07) is 12.2. The number of thiophene rings is 1. The second kappa shape index (κ2) is 9.06. The van der Waals surface area contributed by atoms with Crippen molar-refractivity contribution in [1.82, 2.24) is 40.4 Å². The molecule has 0 bridgehead atoms.